The fourth-order valence-corrected chi connectivity index (χ4v) is 0.917. The van der Waals surface area contributed by atoms with Gasteiger partial charge in [-0.25, -0.2) is 4.79 Å². The summed E-state index contributed by atoms with van der Waals surface area (Å²) in [7, 11) is 1.21. The van der Waals surface area contributed by atoms with E-state index in [9.17, 15) is 4.79 Å². The monoisotopic (exact) mass is 162 g/mol. The van der Waals surface area contributed by atoms with Crippen LogP contribution in [-0.4, -0.2) is 48.2 Å². The molecule has 0 bridgehead atoms. The summed E-state index contributed by atoms with van der Waals surface area (Å²) in [6.07, 6.45) is -2.50. The molecule has 1 heterocycles. The van der Waals surface area contributed by atoms with E-state index >= 15 is 0 Å². The Labute approximate surface area is 63.5 Å². The van der Waals surface area contributed by atoms with Crippen LogP contribution >= 0.6 is 0 Å². The second-order valence-electron chi connectivity index (χ2n) is 2.29. The van der Waals surface area contributed by atoms with Crippen molar-refractivity contribution in [2.75, 3.05) is 13.7 Å². The topological polar surface area (TPSA) is 76.0 Å². The van der Waals surface area contributed by atoms with Crippen molar-refractivity contribution < 1.29 is 24.5 Å². The molecule has 0 aromatic carbocycles. The van der Waals surface area contributed by atoms with Crippen LogP contribution in [0.25, 0.3) is 0 Å². The van der Waals surface area contributed by atoms with Crippen molar-refractivity contribution in [3.8, 4) is 0 Å². The van der Waals surface area contributed by atoms with Crippen LogP contribution in [0.15, 0.2) is 0 Å². The molecule has 0 radical (unpaired) electrons. The third kappa shape index (κ3) is 1.35. The van der Waals surface area contributed by atoms with Crippen molar-refractivity contribution in [1.82, 2.24) is 0 Å². The number of carbonyl (C=O) groups excluding carboxylic acids is 1. The maximum Gasteiger partial charge on any atom is 0.337 e. The summed E-state index contributed by atoms with van der Waals surface area (Å²) in [6.45, 7) is -0.283. The average molecular weight is 162 g/mol. The summed E-state index contributed by atoms with van der Waals surface area (Å²) >= 11 is 0. The van der Waals surface area contributed by atoms with E-state index in [1.165, 1.54) is 7.11 Å². The molecule has 0 aliphatic carbocycles. The highest BCUT2D eigenvalue weighted by Gasteiger charge is 2.46. The van der Waals surface area contributed by atoms with E-state index in [2.05, 4.69) is 4.74 Å². The van der Waals surface area contributed by atoms with E-state index in [1.54, 1.807) is 0 Å². The van der Waals surface area contributed by atoms with Gasteiger partial charge in [0, 0.05) is 0 Å². The number of aliphatic hydroxyl groups is 2. The number of hydrogen-bond acceptors (Lipinski definition) is 5. The Morgan fingerprint density at radius 1 is 1.73 bits per heavy atom. The van der Waals surface area contributed by atoms with Crippen molar-refractivity contribution in [1.29, 1.82) is 0 Å². The molecule has 1 aliphatic heterocycles. The van der Waals surface area contributed by atoms with Crippen LogP contribution in [0.1, 0.15) is 0 Å². The first kappa shape index (κ1) is 8.45. The Morgan fingerprint density at radius 2 is 2.36 bits per heavy atom. The molecule has 0 spiro atoms. The van der Waals surface area contributed by atoms with Crippen LogP contribution in [0.2, 0.25) is 0 Å². The zero-order valence-corrected chi connectivity index (χ0v) is 6.06. The number of methoxy groups -OCH3 is 1. The van der Waals surface area contributed by atoms with Gasteiger partial charge in [-0.3, -0.25) is 0 Å². The van der Waals surface area contributed by atoms with Crippen LogP contribution < -0.4 is 0 Å². The summed E-state index contributed by atoms with van der Waals surface area (Å²) in [6, 6.07) is 0. The van der Waals surface area contributed by atoms with Gasteiger partial charge in [-0.2, -0.15) is 0 Å². The SMILES string of the molecule is COC(=O)C1OC(CO)C1O. The van der Waals surface area contributed by atoms with E-state index in [0.29, 0.717) is 0 Å². The molecule has 11 heavy (non-hydrogen) atoms. The van der Waals surface area contributed by atoms with Gasteiger partial charge in [-0.1, -0.05) is 0 Å². The van der Waals surface area contributed by atoms with E-state index in [4.69, 9.17) is 14.9 Å². The number of esters is 1. The highest BCUT2D eigenvalue weighted by Crippen LogP contribution is 2.21. The average Bonchev–Trinajstić information content (AvgIpc) is 2.02. The first-order chi connectivity index (χ1) is 5.20. The molecule has 3 unspecified atom stereocenters. The standard InChI is InChI=1S/C6H10O5/c1-10-6(9)5-4(8)3(2-7)11-5/h3-5,7-8H,2H2,1H3. The molecular weight excluding hydrogens is 152 g/mol. The highest BCUT2D eigenvalue weighted by molar-refractivity contribution is 5.76. The Balaban J connectivity index is 2.38. The second-order valence-corrected chi connectivity index (χ2v) is 2.29. The van der Waals surface area contributed by atoms with Gasteiger partial charge >= 0.3 is 5.97 Å². The van der Waals surface area contributed by atoms with E-state index in [0.717, 1.165) is 0 Å². The number of carbonyl (C=O) groups is 1. The number of aliphatic hydroxyl groups excluding tert-OH is 2. The molecule has 0 aromatic heterocycles. The minimum atomic E-state index is -0.938. The van der Waals surface area contributed by atoms with Crippen LogP contribution in [-0.2, 0) is 14.3 Å². The quantitative estimate of drug-likeness (QED) is 0.472. The lowest BCUT2D eigenvalue weighted by Crippen LogP contribution is -2.59. The molecule has 2 N–H and O–H groups in total. The van der Waals surface area contributed by atoms with Gasteiger partial charge in [0.15, 0.2) is 6.10 Å². The Morgan fingerprint density at radius 3 is 2.73 bits per heavy atom. The maximum absolute atomic E-state index is 10.7. The first-order valence-corrected chi connectivity index (χ1v) is 3.23. The number of rotatable bonds is 2. The lowest BCUT2D eigenvalue weighted by molar-refractivity contribution is -0.239. The van der Waals surface area contributed by atoms with Crippen molar-refractivity contribution in [3.63, 3.8) is 0 Å². The number of hydrogen-bond donors (Lipinski definition) is 2. The number of ether oxygens (including phenoxy) is 2. The lowest BCUT2D eigenvalue weighted by Gasteiger charge is -2.38. The molecule has 0 amide bonds. The van der Waals surface area contributed by atoms with Gasteiger partial charge in [0.1, 0.15) is 12.2 Å². The van der Waals surface area contributed by atoms with Gasteiger partial charge in [0.2, 0.25) is 0 Å². The summed E-state index contributed by atoms with van der Waals surface area (Å²) in [5.41, 5.74) is 0. The minimum absolute atomic E-state index is 0.283. The predicted molar refractivity (Wildman–Crippen MR) is 33.8 cm³/mol. The normalized spacial score (nSPS) is 36.1. The molecule has 5 heteroatoms. The maximum atomic E-state index is 10.7. The predicted octanol–water partition coefficient (Wildman–Crippen LogP) is -1.72. The molecule has 0 aromatic rings. The molecule has 3 atom stereocenters. The Bertz CT molecular complexity index is 157. The fraction of sp³-hybridized carbons (Fsp3) is 0.833. The van der Waals surface area contributed by atoms with E-state index in [-0.39, 0.29) is 6.61 Å². The lowest BCUT2D eigenvalue weighted by atomic mass is 10.0. The van der Waals surface area contributed by atoms with Crippen LogP contribution in [0.3, 0.4) is 0 Å². The zero-order chi connectivity index (χ0) is 8.43. The Kier molecular flexibility index (Phi) is 2.43. The summed E-state index contributed by atoms with van der Waals surface area (Å²) in [5, 5.41) is 17.6. The van der Waals surface area contributed by atoms with Gasteiger partial charge in [-0.05, 0) is 0 Å². The second kappa shape index (κ2) is 3.17. The van der Waals surface area contributed by atoms with E-state index in [1.807, 2.05) is 0 Å². The van der Waals surface area contributed by atoms with Gasteiger partial charge in [0.05, 0.1) is 13.7 Å². The van der Waals surface area contributed by atoms with Gasteiger partial charge in [0.25, 0.3) is 0 Å². The molecule has 1 saturated heterocycles. The van der Waals surface area contributed by atoms with Crippen molar-refractivity contribution >= 4 is 5.97 Å². The third-order valence-corrected chi connectivity index (χ3v) is 1.63. The molecule has 1 aliphatic rings. The Hall–Kier alpha value is -0.650. The van der Waals surface area contributed by atoms with E-state index < -0.39 is 24.3 Å². The molecule has 5 nitrogen and oxygen atoms in total. The van der Waals surface area contributed by atoms with Crippen LogP contribution in [0.4, 0.5) is 0 Å². The van der Waals surface area contributed by atoms with Crippen molar-refractivity contribution in [2.45, 2.75) is 18.3 Å². The molecule has 0 saturated carbocycles. The summed E-state index contributed by atoms with van der Waals surface area (Å²) in [5.74, 6) is -0.609. The molecular formula is C6H10O5. The van der Waals surface area contributed by atoms with Crippen molar-refractivity contribution in [3.05, 3.63) is 0 Å². The minimum Gasteiger partial charge on any atom is -0.467 e. The largest absolute Gasteiger partial charge is 0.467 e. The van der Waals surface area contributed by atoms with Gasteiger partial charge < -0.3 is 19.7 Å². The first-order valence-electron chi connectivity index (χ1n) is 3.23. The van der Waals surface area contributed by atoms with Gasteiger partial charge in [-0.15, -0.1) is 0 Å². The highest BCUT2D eigenvalue weighted by atomic mass is 16.6. The zero-order valence-electron chi connectivity index (χ0n) is 6.06. The fourth-order valence-electron chi connectivity index (χ4n) is 0.917. The van der Waals surface area contributed by atoms with Crippen molar-refractivity contribution in [2.24, 2.45) is 0 Å². The van der Waals surface area contributed by atoms with Crippen LogP contribution in [0, 0.1) is 0 Å². The summed E-state index contributed by atoms with van der Waals surface area (Å²) < 4.78 is 9.09. The summed E-state index contributed by atoms with van der Waals surface area (Å²) in [4.78, 5) is 10.7. The molecule has 1 rings (SSSR count). The molecule has 1 fully saturated rings. The van der Waals surface area contributed by atoms with Crippen LogP contribution in [0.5, 0.6) is 0 Å². The molecule has 64 valence electrons. The third-order valence-electron chi connectivity index (χ3n) is 1.63. The smallest absolute Gasteiger partial charge is 0.337 e.